The van der Waals surface area contributed by atoms with Crippen molar-refractivity contribution in [3.8, 4) is 0 Å². The summed E-state index contributed by atoms with van der Waals surface area (Å²) in [5, 5.41) is 3.65. The van der Waals surface area contributed by atoms with Crippen molar-refractivity contribution < 1.29 is 4.74 Å². The van der Waals surface area contributed by atoms with Gasteiger partial charge in [-0.15, -0.1) is 0 Å². The molecule has 0 spiro atoms. The average Bonchev–Trinajstić information content (AvgIpc) is 2.38. The van der Waals surface area contributed by atoms with Crippen LogP contribution in [0.2, 0.25) is 0 Å². The highest BCUT2D eigenvalue weighted by Gasteiger charge is 2.07. The molecule has 0 aliphatic heterocycles. The topological polar surface area (TPSA) is 21.3 Å². The fraction of sp³-hybridized carbons (Fsp3) is 1.00. The Kier molecular flexibility index (Phi) is 14.9. The van der Waals surface area contributed by atoms with Gasteiger partial charge in [0.05, 0.1) is 6.61 Å². The monoisotopic (exact) mass is 257 g/mol. The largest absolute Gasteiger partial charge is 0.383 e. The number of hydrogen-bond acceptors (Lipinski definition) is 2. The van der Waals surface area contributed by atoms with Gasteiger partial charge in [0, 0.05) is 19.7 Å². The van der Waals surface area contributed by atoms with Crippen molar-refractivity contribution >= 4 is 0 Å². The van der Waals surface area contributed by atoms with Crippen molar-refractivity contribution in [2.24, 2.45) is 0 Å². The van der Waals surface area contributed by atoms with Gasteiger partial charge in [-0.25, -0.2) is 0 Å². The first kappa shape index (κ1) is 17.9. The van der Waals surface area contributed by atoms with Gasteiger partial charge in [-0.2, -0.15) is 0 Å². The minimum atomic E-state index is 0.716. The molecule has 0 radical (unpaired) electrons. The summed E-state index contributed by atoms with van der Waals surface area (Å²) >= 11 is 0. The molecule has 0 aromatic carbocycles. The van der Waals surface area contributed by atoms with Crippen LogP contribution in [0.5, 0.6) is 0 Å². The van der Waals surface area contributed by atoms with E-state index in [1.165, 1.54) is 64.2 Å². The molecule has 1 unspecified atom stereocenters. The first-order valence-electron chi connectivity index (χ1n) is 8.07. The van der Waals surface area contributed by atoms with Crippen LogP contribution >= 0.6 is 0 Å². The van der Waals surface area contributed by atoms with E-state index in [1.54, 1.807) is 7.11 Å². The van der Waals surface area contributed by atoms with E-state index in [2.05, 4.69) is 19.2 Å². The zero-order valence-electron chi connectivity index (χ0n) is 13.0. The second-order valence-corrected chi connectivity index (χ2v) is 5.34. The Morgan fingerprint density at radius 3 is 2.00 bits per heavy atom. The van der Waals surface area contributed by atoms with Crippen molar-refractivity contribution in [1.29, 1.82) is 0 Å². The van der Waals surface area contributed by atoms with Gasteiger partial charge in [-0.3, -0.25) is 0 Å². The number of unbranched alkanes of at least 4 members (excludes halogenated alkanes) is 6. The maximum absolute atomic E-state index is 5.11. The molecule has 1 N–H and O–H groups in total. The van der Waals surface area contributed by atoms with Crippen LogP contribution in [0.4, 0.5) is 0 Å². The molecule has 0 rings (SSSR count). The van der Waals surface area contributed by atoms with E-state index in [9.17, 15) is 0 Å². The Hall–Kier alpha value is -0.0800. The van der Waals surface area contributed by atoms with E-state index in [1.807, 2.05) is 0 Å². The Morgan fingerprint density at radius 1 is 0.833 bits per heavy atom. The van der Waals surface area contributed by atoms with E-state index in [-0.39, 0.29) is 0 Å². The van der Waals surface area contributed by atoms with E-state index >= 15 is 0 Å². The quantitative estimate of drug-likeness (QED) is 0.462. The summed E-state index contributed by atoms with van der Waals surface area (Å²) in [6.45, 7) is 6.39. The Morgan fingerprint density at radius 2 is 1.39 bits per heavy atom. The molecular formula is C16H35NO. The maximum atomic E-state index is 5.11. The van der Waals surface area contributed by atoms with Crippen molar-refractivity contribution in [3.63, 3.8) is 0 Å². The Labute approximate surface area is 115 Å². The summed E-state index contributed by atoms with van der Waals surface area (Å²) in [4.78, 5) is 0. The normalized spacial score (nSPS) is 12.8. The molecular weight excluding hydrogens is 222 g/mol. The third-order valence-electron chi connectivity index (χ3n) is 3.55. The van der Waals surface area contributed by atoms with Gasteiger partial charge in [-0.05, 0) is 12.8 Å². The zero-order valence-corrected chi connectivity index (χ0v) is 13.0. The van der Waals surface area contributed by atoms with E-state index in [0.29, 0.717) is 6.04 Å². The summed E-state index contributed by atoms with van der Waals surface area (Å²) in [7, 11) is 1.78. The first-order valence-corrected chi connectivity index (χ1v) is 8.07. The molecule has 0 aliphatic rings. The summed E-state index contributed by atoms with van der Waals surface area (Å²) in [5.41, 5.74) is 0. The van der Waals surface area contributed by atoms with Crippen LogP contribution in [0.25, 0.3) is 0 Å². The highest BCUT2D eigenvalue weighted by molar-refractivity contribution is 4.67. The van der Waals surface area contributed by atoms with Crippen molar-refractivity contribution in [3.05, 3.63) is 0 Å². The van der Waals surface area contributed by atoms with Gasteiger partial charge in [0.2, 0.25) is 0 Å². The van der Waals surface area contributed by atoms with E-state index in [4.69, 9.17) is 4.74 Å². The molecule has 1 atom stereocenters. The minimum absolute atomic E-state index is 0.716. The molecule has 0 aliphatic carbocycles. The third kappa shape index (κ3) is 12.4. The van der Waals surface area contributed by atoms with Crippen LogP contribution in [0.15, 0.2) is 0 Å². The molecule has 0 fully saturated rings. The van der Waals surface area contributed by atoms with Gasteiger partial charge in [0.25, 0.3) is 0 Å². The Bertz CT molecular complexity index is 140. The van der Waals surface area contributed by atoms with Gasteiger partial charge in [0.1, 0.15) is 0 Å². The lowest BCUT2D eigenvalue weighted by Gasteiger charge is -2.18. The van der Waals surface area contributed by atoms with Crippen LogP contribution in [-0.4, -0.2) is 26.3 Å². The lowest BCUT2D eigenvalue weighted by Crippen LogP contribution is -2.31. The lowest BCUT2D eigenvalue weighted by atomic mass is 10.0. The fourth-order valence-electron chi connectivity index (χ4n) is 2.35. The summed E-state index contributed by atoms with van der Waals surface area (Å²) < 4.78 is 5.11. The molecule has 2 nitrogen and oxygen atoms in total. The van der Waals surface area contributed by atoms with E-state index < -0.39 is 0 Å². The van der Waals surface area contributed by atoms with Crippen LogP contribution in [0.1, 0.15) is 78.1 Å². The molecule has 18 heavy (non-hydrogen) atoms. The second kappa shape index (κ2) is 15.0. The van der Waals surface area contributed by atoms with Crippen molar-refractivity contribution in [2.45, 2.75) is 84.1 Å². The van der Waals surface area contributed by atoms with Crippen LogP contribution in [-0.2, 0) is 4.74 Å². The van der Waals surface area contributed by atoms with E-state index in [0.717, 1.165) is 13.2 Å². The van der Waals surface area contributed by atoms with Gasteiger partial charge >= 0.3 is 0 Å². The maximum Gasteiger partial charge on any atom is 0.0587 e. The molecule has 0 heterocycles. The molecule has 0 aromatic heterocycles. The van der Waals surface area contributed by atoms with Crippen LogP contribution in [0, 0.1) is 0 Å². The molecule has 110 valence electrons. The summed E-state index contributed by atoms with van der Waals surface area (Å²) in [6, 6.07) is 0.716. The molecule has 0 bridgehead atoms. The van der Waals surface area contributed by atoms with Gasteiger partial charge in [-0.1, -0.05) is 65.2 Å². The van der Waals surface area contributed by atoms with Crippen molar-refractivity contribution in [1.82, 2.24) is 5.32 Å². The number of ether oxygens (including phenoxy) is 1. The SMILES string of the molecule is CCCCCCCC(CCCCC)NCCOC. The number of methoxy groups -OCH3 is 1. The minimum Gasteiger partial charge on any atom is -0.383 e. The molecule has 0 aromatic rings. The van der Waals surface area contributed by atoms with Crippen LogP contribution in [0.3, 0.4) is 0 Å². The number of nitrogens with one attached hydrogen (secondary N) is 1. The molecule has 2 heteroatoms. The standard InChI is InChI=1S/C16H35NO/c1-4-6-8-9-11-13-16(12-10-7-5-2)17-14-15-18-3/h16-17H,4-15H2,1-3H3. The highest BCUT2D eigenvalue weighted by atomic mass is 16.5. The summed E-state index contributed by atoms with van der Waals surface area (Å²) in [5.74, 6) is 0. The average molecular weight is 257 g/mol. The molecule has 0 saturated carbocycles. The Balaban J connectivity index is 3.60. The summed E-state index contributed by atoms with van der Waals surface area (Å²) in [6.07, 6.45) is 13.7. The predicted octanol–water partition coefficient (Wildman–Crippen LogP) is 4.53. The number of rotatable bonds is 14. The second-order valence-electron chi connectivity index (χ2n) is 5.34. The highest BCUT2D eigenvalue weighted by Crippen LogP contribution is 2.12. The van der Waals surface area contributed by atoms with Gasteiger partial charge in [0.15, 0.2) is 0 Å². The zero-order chi connectivity index (χ0) is 13.5. The fourth-order valence-corrected chi connectivity index (χ4v) is 2.35. The lowest BCUT2D eigenvalue weighted by molar-refractivity contribution is 0.193. The van der Waals surface area contributed by atoms with Gasteiger partial charge < -0.3 is 10.1 Å². The molecule has 0 amide bonds. The predicted molar refractivity (Wildman–Crippen MR) is 81.2 cm³/mol. The molecule has 0 saturated heterocycles. The third-order valence-corrected chi connectivity index (χ3v) is 3.55. The first-order chi connectivity index (χ1) is 8.85. The van der Waals surface area contributed by atoms with Crippen LogP contribution < -0.4 is 5.32 Å². The number of hydrogen-bond donors (Lipinski definition) is 1. The smallest absolute Gasteiger partial charge is 0.0587 e. The van der Waals surface area contributed by atoms with Crippen molar-refractivity contribution in [2.75, 3.05) is 20.3 Å².